The summed E-state index contributed by atoms with van der Waals surface area (Å²) in [7, 11) is 0. The zero-order valence-electron chi connectivity index (χ0n) is 9.72. The van der Waals surface area contributed by atoms with Gasteiger partial charge in [-0.05, 0) is 12.5 Å². The van der Waals surface area contributed by atoms with Gasteiger partial charge in [-0.1, -0.05) is 24.7 Å². The molecule has 90 valence electrons. The lowest BCUT2D eigenvalue weighted by Crippen LogP contribution is -1.78. The van der Waals surface area contributed by atoms with E-state index >= 15 is 0 Å². The van der Waals surface area contributed by atoms with Crippen molar-refractivity contribution in [2.75, 3.05) is 5.73 Å². The lowest BCUT2D eigenvalue weighted by Gasteiger charge is -1.90. The van der Waals surface area contributed by atoms with Crippen LogP contribution in [-0.4, -0.2) is 9.97 Å². The van der Waals surface area contributed by atoms with E-state index in [9.17, 15) is 0 Å². The largest absolute Gasteiger partial charge is 0.442 e. The van der Waals surface area contributed by atoms with Crippen LogP contribution in [0, 0.1) is 0 Å². The average molecular weight is 249 g/mol. The number of aryl methyl sites for hydroxylation is 1. The zero-order chi connectivity index (χ0) is 12.1. The maximum absolute atomic E-state index is 5.57. The van der Waals surface area contributed by atoms with Crippen LogP contribution >= 0.6 is 11.3 Å². The average Bonchev–Trinajstić information content (AvgIpc) is 2.93. The van der Waals surface area contributed by atoms with Gasteiger partial charge in [0, 0.05) is 23.6 Å². The standard InChI is InChI=1S/C12H15N3OS/c1-2-3-4-9-7-14-11(16-9)6-5-10-8-15-12(13)17-10/h5-8H,2-4H2,1H3,(H2,13,15)/b6-5+. The molecule has 2 aromatic rings. The first-order chi connectivity index (χ1) is 8.28. The number of nitrogens with two attached hydrogens (primary N) is 1. The third kappa shape index (κ3) is 3.42. The predicted molar refractivity (Wildman–Crippen MR) is 70.6 cm³/mol. The summed E-state index contributed by atoms with van der Waals surface area (Å²) in [6, 6.07) is 0. The summed E-state index contributed by atoms with van der Waals surface area (Å²) in [5.41, 5.74) is 5.54. The number of aromatic nitrogens is 2. The van der Waals surface area contributed by atoms with Crippen LogP contribution < -0.4 is 5.73 Å². The lowest BCUT2D eigenvalue weighted by molar-refractivity contribution is 0.487. The lowest BCUT2D eigenvalue weighted by atomic mass is 10.2. The SMILES string of the molecule is CCCCc1cnc(/C=C/c2cnc(N)s2)o1. The molecule has 0 unspecified atom stereocenters. The molecule has 0 aliphatic heterocycles. The van der Waals surface area contributed by atoms with Gasteiger partial charge in [0.05, 0.1) is 6.20 Å². The highest BCUT2D eigenvalue weighted by Crippen LogP contribution is 2.17. The van der Waals surface area contributed by atoms with Gasteiger partial charge in [0.15, 0.2) is 5.13 Å². The Kier molecular flexibility index (Phi) is 3.93. The first-order valence-corrected chi connectivity index (χ1v) is 6.43. The maximum Gasteiger partial charge on any atom is 0.218 e. The molecule has 2 N–H and O–H groups in total. The zero-order valence-corrected chi connectivity index (χ0v) is 10.5. The van der Waals surface area contributed by atoms with Gasteiger partial charge in [-0.3, -0.25) is 0 Å². The highest BCUT2D eigenvalue weighted by Gasteiger charge is 2.00. The van der Waals surface area contributed by atoms with E-state index in [2.05, 4.69) is 16.9 Å². The molecular formula is C12H15N3OS. The Morgan fingerprint density at radius 2 is 2.24 bits per heavy atom. The van der Waals surface area contributed by atoms with E-state index in [1.807, 2.05) is 12.2 Å². The minimum Gasteiger partial charge on any atom is -0.442 e. The van der Waals surface area contributed by atoms with Crippen LogP contribution in [-0.2, 0) is 6.42 Å². The van der Waals surface area contributed by atoms with Gasteiger partial charge in [-0.2, -0.15) is 0 Å². The number of rotatable bonds is 5. The van der Waals surface area contributed by atoms with Gasteiger partial charge >= 0.3 is 0 Å². The van der Waals surface area contributed by atoms with E-state index in [0.717, 1.165) is 29.9 Å². The molecule has 0 bridgehead atoms. The number of thiazole rings is 1. The number of oxazole rings is 1. The Balaban J connectivity index is 1.98. The van der Waals surface area contributed by atoms with Crippen molar-refractivity contribution in [2.45, 2.75) is 26.2 Å². The van der Waals surface area contributed by atoms with E-state index in [1.165, 1.54) is 11.3 Å². The van der Waals surface area contributed by atoms with Crippen molar-refractivity contribution >= 4 is 28.6 Å². The molecule has 0 radical (unpaired) electrons. The number of nitrogens with zero attached hydrogens (tertiary/aromatic N) is 2. The molecule has 2 rings (SSSR count). The number of anilines is 1. The molecule has 0 saturated carbocycles. The van der Waals surface area contributed by atoms with Crippen LogP contribution in [0.3, 0.4) is 0 Å². The normalized spacial score (nSPS) is 11.4. The molecule has 0 saturated heterocycles. The van der Waals surface area contributed by atoms with Crippen LogP contribution in [0.1, 0.15) is 36.3 Å². The molecule has 0 aliphatic carbocycles. The minimum absolute atomic E-state index is 0.570. The molecule has 5 heteroatoms. The smallest absolute Gasteiger partial charge is 0.218 e. The molecule has 0 amide bonds. The van der Waals surface area contributed by atoms with Crippen molar-refractivity contribution < 1.29 is 4.42 Å². The fourth-order valence-electron chi connectivity index (χ4n) is 1.40. The van der Waals surface area contributed by atoms with Gasteiger partial charge in [0.25, 0.3) is 0 Å². The second kappa shape index (κ2) is 5.63. The number of hydrogen-bond donors (Lipinski definition) is 1. The molecule has 0 fully saturated rings. The van der Waals surface area contributed by atoms with E-state index < -0.39 is 0 Å². The van der Waals surface area contributed by atoms with Gasteiger partial charge in [0.1, 0.15) is 5.76 Å². The van der Waals surface area contributed by atoms with Crippen molar-refractivity contribution in [3.05, 3.63) is 28.9 Å². The van der Waals surface area contributed by atoms with Gasteiger partial charge < -0.3 is 10.2 Å². The number of unbranched alkanes of at least 4 members (excludes halogenated alkanes) is 1. The first kappa shape index (κ1) is 11.9. The summed E-state index contributed by atoms with van der Waals surface area (Å²) in [5.74, 6) is 1.57. The number of nitrogen functional groups attached to an aromatic ring is 1. The highest BCUT2D eigenvalue weighted by atomic mass is 32.1. The highest BCUT2D eigenvalue weighted by molar-refractivity contribution is 7.16. The summed E-state index contributed by atoms with van der Waals surface area (Å²) >= 11 is 1.44. The Morgan fingerprint density at radius 1 is 1.35 bits per heavy atom. The van der Waals surface area contributed by atoms with Gasteiger partial charge in [-0.15, -0.1) is 0 Å². The van der Waals surface area contributed by atoms with Crippen LogP contribution in [0.15, 0.2) is 16.8 Å². The van der Waals surface area contributed by atoms with Gasteiger partial charge in [0.2, 0.25) is 5.89 Å². The summed E-state index contributed by atoms with van der Waals surface area (Å²) < 4.78 is 5.57. The fourth-order valence-corrected chi connectivity index (χ4v) is 1.99. The molecule has 17 heavy (non-hydrogen) atoms. The minimum atomic E-state index is 0.570. The first-order valence-electron chi connectivity index (χ1n) is 5.62. The fraction of sp³-hybridized carbons (Fsp3) is 0.333. The molecule has 2 heterocycles. The van der Waals surface area contributed by atoms with Gasteiger partial charge in [-0.25, -0.2) is 9.97 Å². The summed E-state index contributed by atoms with van der Waals surface area (Å²) in [4.78, 5) is 9.16. The maximum atomic E-state index is 5.57. The Morgan fingerprint density at radius 3 is 2.94 bits per heavy atom. The van der Waals surface area contributed by atoms with E-state index in [0.29, 0.717) is 11.0 Å². The monoisotopic (exact) mass is 249 g/mol. The molecule has 0 atom stereocenters. The van der Waals surface area contributed by atoms with Crippen LogP contribution in [0.25, 0.3) is 12.2 Å². The van der Waals surface area contributed by atoms with Crippen LogP contribution in [0.5, 0.6) is 0 Å². The Hall–Kier alpha value is -1.62. The van der Waals surface area contributed by atoms with Crippen molar-refractivity contribution in [1.29, 1.82) is 0 Å². The molecule has 0 aromatic carbocycles. The van der Waals surface area contributed by atoms with Crippen molar-refractivity contribution in [3.63, 3.8) is 0 Å². The topological polar surface area (TPSA) is 64.9 Å². The molecule has 0 aliphatic rings. The molecule has 0 spiro atoms. The van der Waals surface area contributed by atoms with E-state index in [-0.39, 0.29) is 0 Å². The molecule has 2 aromatic heterocycles. The van der Waals surface area contributed by atoms with Crippen molar-refractivity contribution in [3.8, 4) is 0 Å². The Labute approximate surface area is 104 Å². The third-order valence-electron chi connectivity index (χ3n) is 2.28. The van der Waals surface area contributed by atoms with Crippen LogP contribution in [0.4, 0.5) is 5.13 Å². The van der Waals surface area contributed by atoms with Crippen molar-refractivity contribution in [1.82, 2.24) is 9.97 Å². The molecule has 4 nitrogen and oxygen atoms in total. The third-order valence-corrected chi connectivity index (χ3v) is 3.07. The summed E-state index contributed by atoms with van der Waals surface area (Å²) in [6.45, 7) is 2.16. The summed E-state index contributed by atoms with van der Waals surface area (Å²) in [5, 5.41) is 0.570. The predicted octanol–water partition coefficient (Wildman–Crippen LogP) is 3.23. The van der Waals surface area contributed by atoms with E-state index in [4.69, 9.17) is 10.2 Å². The second-order valence-corrected chi connectivity index (χ2v) is 4.80. The van der Waals surface area contributed by atoms with Crippen LogP contribution in [0.2, 0.25) is 0 Å². The van der Waals surface area contributed by atoms with E-state index in [1.54, 1.807) is 12.4 Å². The Bertz CT molecular complexity index is 501. The van der Waals surface area contributed by atoms with Crippen molar-refractivity contribution in [2.24, 2.45) is 0 Å². The molecular weight excluding hydrogens is 234 g/mol. The second-order valence-electron chi connectivity index (χ2n) is 3.70. The quantitative estimate of drug-likeness (QED) is 0.883. The number of hydrogen-bond acceptors (Lipinski definition) is 5. The summed E-state index contributed by atoms with van der Waals surface area (Å²) in [6.07, 6.45) is 10.5.